The van der Waals surface area contributed by atoms with Gasteiger partial charge in [-0.15, -0.1) is 0 Å². The van der Waals surface area contributed by atoms with Gasteiger partial charge < -0.3 is 0 Å². The second kappa shape index (κ2) is 8.67. The van der Waals surface area contributed by atoms with E-state index in [1.165, 1.54) is 0 Å². The molecule has 0 unspecified atom stereocenters. The first-order chi connectivity index (χ1) is 14.1. The van der Waals surface area contributed by atoms with Crippen LogP contribution >= 0.6 is 11.8 Å². The molecule has 0 amide bonds. The van der Waals surface area contributed by atoms with Crippen LogP contribution in [-0.2, 0) is 20.6 Å². The van der Waals surface area contributed by atoms with Crippen LogP contribution in [-0.4, -0.2) is 22.3 Å². The minimum absolute atomic E-state index is 0.0870. The Morgan fingerprint density at radius 2 is 1.73 bits per heavy atom. The lowest BCUT2D eigenvalue weighted by molar-refractivity contribution is -0.142. The quantitative estimate of drug-likeness (QED) is 0.485. The van der Waals surface area contributed by atoms with E-state index in [9.17, 15) is 31.9 Å². The van der Waals surface area contributed by atoms with Crippen LogP contribution in [0.4, 0.5) is 17.6 Å². The smallest absolute Gasteiger partial charge is 0.298 e. The highest BCUT2D eigenvalue weighted by molar-refractivity contribution is 7.99. The van der Waals surface area contributed by atoms with E-state index in [0.29, 0.717) is 17.2 Å². The number of carbonyl (C=O) groups is 3. The maximum absolute atomic E-state index is 14.0. The lowest BCUT2D eigenvalue weighted by Gasteiger charge is -2.25. The molecule has 0 aliphatic heterocycles. The van der Waals surface area contributed by atoms with Gasteiger partial charge in [0.05, 0.1) is 5.56 Å². The summed E-state index contributed by atoms with van der Waals surface area (Å²) in [5.74, 6) is -3.69. The lowest BCUT2D eigenvalue weighted by atomic mass is 9.75. The summed E-state index contributed by atoms with van der Waals surface area (Å²) in [6, 6.07) is 7.00. The Balaban J connectivity index is 1.71. The molecular formula is C21H17F4NO3S. The summed E-state index contributed by atoms with van der Waals surface area (Å²) in [7, 11) is 0. The Hall–Kier alpha value is -2.55. The Morgan fingerprint density at radius 3 is 2.23 bits per heavy atom. The number of alkyl halides is 3. The Morgan fingerprint density at radius 1 is 1.13 bits per heavy atom. The molecule has 0 bridgehead atoms. The molecule has 9 heteroatoms. The van der Waals surface area contributed by atoms with Gasteiger partial charge in [0, 0.05) is 30.4 Å². The Labute approximate surface area is 174 Å². The number of benzene rings is 1. The van der Waals surface area contributed by atoms with Gasteiger partial charge in [-0.25, -0.2) is 9.37 Å². The van der Waals surface area contributed by atoms with Crippen molar-refractivity contribution in [3.8, 4) is 0 Å². The molecule has 158 valence electrons. The van der Waals surface area contributed by atoms with Gasteiger partial charge in [-0.3, -0.25) is 14.4 Å². The van der Waals surface area contributed by atoms with E-state index < -0.39 is 23.5 Å². The SMILES string of the molecule is CCC(=O)C1C(=O)CC(c2ccc(Sc3ncc(C(F)(F)F)cc3F)cc2)CC1=O. The molecule has 1 aromatic carbocycles. The average Bonchev–Trinajstić information content (AvgIpc) is 2.68. The fourth-order valence-corrected chi connectivity index (χ4v) is 4.10. The number of pyridine rings is 1. The number of halogens is 4. The third-order valence-corrected chi connectivity index (χ3v) is 5.91. The normalized spacial score (nSPS) is 19.8. The molecule has 1 fully saturated rings. The number of nitrogens with zero attached hydrogens (tertiary/aromatic N) is 1. The van der Waals surface area contributed by atoms with Gasteiger partial charge in [0.15, 0.2) is 23.2 Å². The second-order valence-corrected chi connectivity index (χ2v) is 8.03. The van der Waals surface area contributed by atoms with Crippen LogP contribution in [0.15, 0.2) is 46.5 Å². The summed E-state index contributed by atoms with van der Waals surface area (Å²) in [6.07, 6.45) is -3.79. The van der Waals surface area contributed by atoms with Crippen molar-refractivity contribution in [2.45, 2.75) is 48.2 Å². The predicted octanol–water partition coefficient (Wildman–Crippen LogP) is 5.00. The van der Waals surface area contributed by atoms with Crippen molar-refractivity contribution in [2.24, 2.45) is 5.92 Å². The first-order valence-electron chi connectivity index (χ1n) is 9.18. The first-order valence-corrected chi connectivity index (χ1v) is 10.0. The van der Waals surface area contributed by atoms with Crippen LogP contribution in [0.2, 0.25) is 0 Å². The van der Waals surface area contributed by atoms with Crippen molar-refractivity contribution >= 4 is 29.1 Å². The van der Waals surface area contributed by atoms with E-state index in [4.69, 9.17) is 0 Å². The van der Waals surface area contributed by atoms with Crippen molar-refractivity contribution in [2.75, 3.05) is 0 Å². The van der Waals surface area contributed by atoms with Crippen LogP contribution in [0, 0.1) is 11.7 Å². The molecule has 30 heavy (non-hydrogen) atoms. The van der Waals surface area contributed by atoms with Gasteiger partial charge in [0.2, 0.25) is 0 Å². The zero-order valence-electron chi connectivity index (χ0n) is 15.8. The molecule has 1 heterocycles. The summed E-state index contributed by atoms with van der Waals surface area (Å²) in [6.45, 7) is 1.61. The van der Waals surface area contributed by atoms with Gasteiger partial charge in [-0.1, -0.05) is 30.8 Å². The summed E-state index contributed by atoms with van der Waals surface area (Å²) in [5, 5.41) is -0.195. The number of Topliss-reactive ketones (excluding diaryl/α,β-unsaturated/α-hetero) is 3. The van der Waals surface area contributed by atoms with Crippen LogP contribution in [0.3, 0.4) is 0 Å². The van der Waals surface area contributed by atoms with Crippen molar-refractivity contribution in [1.29, 1.82) is 0 Å². The minimum atomic E-state index is -4.67. The summed E-state index contributed by atoms with van der Waals surface area (Å²) in [4.78, 5) is 40.4. The molecule has 0 saturated heterocycles. The van der Waals surface area contributed by atoms with Crippen molar-refractivity contribution in [1.82, 2.24) is 4.98 Å². The number of hydrogen-bond donors (Lipinski definition) is 0. The Bertz CT molecular complexity index is 971. The number of hydrogen-bond acceptors (Lipinski definition) is 5. The van der Waals surface area contributed by atoms with Gasteiger partial charge in [0.25, 0.3) is 0 Å². The first kappa shape index (κ1) is 22.1. The highest BCUT2D eigenvalue weighted by Crippen LogP contribution is 2.36. The molecule has 1 aromatic heterocycles. The topological polar surface area (TPSA) is 64.1 Å². The minimum Gasteiger partial charge on any atom is -0.298 e. The average molecular weight is 439 g/mol. The molecule has 1 saturated carbocycles. The largest absolute Gasteiger partial charge is 0.417 e. The molecule has 0 radical (unpaired) electrons. The second-order valence-electron chi connectivity index (χ2n) is 6.97. The fourth-order valence-electron chi connectivity index (χ4n) is 3.35. The lowest BCUT2D eigenvalue weighted by Crippen LogP contribution is -2.37. The summed E-state index contributed by atoms with van der Waals surface area (Å²) < 4.78 is 51.8. The van der Waals surface area contributed by atoms with E-state index >= 15 is 0 Å². The van der Waals surface area contributed by atoms with Crippen molar-refractivity contribution in [3.05, 3.63) is 53.5 Å². The van der Waals surface area contributed by atoms with E-state index in [1.54, 1.807) is 31.2 Å². The third-order valence-electron chi connectivity index (χ3n) is 4.91. The number of rotatable bonds is 5. The molecular weight excluding hydrogens is 422 g/mol. The van der Waals surface area contributed by atoms with E-state index in [1.807, 2.05) is 0 Å². The molecule has 0 N–H and O–H groups in total. The molecule has 2 aromatic rings. The zero-order chi connectivity index (χ0) is 22.1. The highest BCUT2D eigenvalue weighted by atomic mass is 32.2. The predicted molar refractivity (Wildman–Crippen MR) is 101 cm³/mol. The van der Waals surface area contributed by atoms with Crippen LogP contribution in [0.1, 0.15) is 43.2 Å². The van der Waals surface area contributed by atoms with Crippen LogP contribution in [0.25, 0.3) is 0 Å². The zero-order valence-corrected chi connectivity index (χ0v) is 16.6. The molecule has 1 aliphatic carbocycles. The standard InChI is InChI=1S/C21H17F4NO3S/c1-2-16(27)19-17(28)7-12(8-18(19)29)11-3-5-14(6-4-11)30-20-15(22)9-13(10-26-20)21(23,24)25/h3-6,9-10,12,19H,2,7-8H2,1H3. The van der Waals surface area contributed by atoms with Crippen LogP contribution < -0.4 is 0 Å². The summed E-state index contributed by atoms with van der Waals surface area (Å²) >= 11 is 0.865. The van der Waals surface area contributed by atoms with E-state index in [-0.39, 0.29) is 47.6 Å². The van der Waals surface area contributed by atoms with Gasteiger partial charge >= 0.3 is 6.18 Å². The fraction of sp³-hybridized carbons (Fsp3) is 0.333. The molecule has 3 rings (SSSR count). The monoisotopic (exact) mass is 439 g/mol. The maximum Gasteiger partial charge on any atom is 0.417 e. The third kappa shape index (κ3) is 4.77. The van der Waals surface area contributed by atoms with Crippen molar-refractivity contribution < 1.29 is 31.9 Å². The van der Waals surface area contributed by atoms with E-state index in [0.717, 1.165) is 17.3 Å². The highest BCUT2D eigenvalue weighted by Gasteiger charge is 2.39. The van der Waals surface area contributed by atoms with Gasteiger partial charge in [0.1, 0.15) is 10.9 Å². The van der Waals surface area contributed by atoms with Gasteiger partial charge in [-0.05, 0) is 29.7 Å². The molecule has 4 nitrogen and oxygen atoms in total. The Kier molecular flexibility index (Phi) is 6.40. The van der Waals surface area contributed by atoms with Gasteiger partial charge in [-0.2, -0.15) is 13.2 Å². The molecule has 1 aliphatic rings. The van der Waals surface area contributed by atoms with E-state index in [2.05, 4.69) is 4.98 Å². The number of ketones is 3. The number of aromatic nitrogens is 1. The summed E-state index contributed by atoms with van der Waals surface area (Å²) in [5.41, 5.74) is -0.435. The maximum atomic E-state index is 14.0. The van der Waals surface area contributed by atoms with Crippen LogP contribution in [0.5, 0.6) is 0 Å². The molecule has 0 spiro atoms. The number of carbonyl (C=O) groups excluding carboxylic acids is 3. The van der Waals surface area contributed by atoms with Crippen molar-refractivity contribution in [3.63, 3.8) is 0 Å². The molecule has 0 atom stereocenters.